The van der Waals surface area contributed by atoms with E-state index < -0.39 is 12.2 Å². The van der Waals surface area contributed by atoms with Crippen LogP contribution in [0.25, 0.3) is 11.0 Å². The first kappa shape index (κ1) is 25.6. The predicted molar refractivity (Wildman–Crippen MR) is 140 cm³/mol. The number of nitrogens with two attached hydrogens (primary N) is 1. The van der Waals surface area contributed by atoms with Gasteiger partial charge in [-0.05, 0) is 62.4 Å². The van der Waals surface area contributed by atoms with E-state index in [1.54, 1.807) is 0 Å². The summed E-state index contributed by atoms with van der Waals surface area (Å²) < 4.78 is 2.01. The molecule has 1 aromatic carbocycles. The van der Waals surface area contributed by atoms with E-state index in [-0.39, 0.29) is 12.0 Å². The van der Waals surface area contributed by atoms with E-state index >= 15 is 0 Å². The fourth-order valence-corrected chi connectivity index (χ4v) is 5.19. The van der Waals surface area contributed by atoms with Crippen LogP contribution in [0.15, 0.2) is 42.9 Å². The lowest BCUT2D eigenvalue weighted by Crippen LogP contribution is -2.34. The maximum atomic E-state index is 10.9. The first-order valence-electron chi connectivity index (χ1n) is 12.9. The quantitative estimate of drug-likeness (QED) is 0.253. The average molecular weight is 481 g/mol. The molecule has 2 aromatic heterocycles. The first-order chi connectivity index (χ1) is 17.0. The number of nitrogen functional groups attached to an aromatic ring is 1. The molecule has 0 bridgehead atoms. The molecule has 8 heteroatoms. The Balaban J connectivity index is 1.28. The Bertz CT molecular complexity index is 1070. The Morgan fingerprint density at radius 2 is 1.86 bits per heavy atom. The fourth-order valence-electron chi connectivity index (χ4n) is 5.19. The molecule has 0 amide bonds. The average Bonchev–Trinajstić information content (AvgIpc) is 3.39. The van der Waals surface area contributed by atoms with Crippen molar-refractivity contribution < 1.29 is 10.2 Å². The topological polar surface area (TPSA) is 121 Å². The number of aromatic nitrogens is 3. The lowest BCUT2D eigenvalue weighted by atomic mass is 9.99. The smallest absolute Gasteiger partial charge is 0.146 e. The van der Waals surface area contributed by atoms with Gasteiger partial charge in [0.2, 0.25) is 0 Å². The number of anilines is 1. The molecule has 5 atom stereocenters. The maximum absolute atomic E-state index is 10.9. The molecule has 0 radical (unpaired) electrons. The van der Waals surface area contributed by atoms with E-state index in [1.165, 1.54) is 11.9 Å². The van der Waals surface area contributed by atoms with Crippen LogP contribution in [0, 0.1) is 5.92 Å². The zero-order valence-electron chi connectivity index (χ0n) is 20.9. The van der Waals surface area contributed by atoms with E-state index in [9.17, 15) is 10.2 Å². The Kier molecular flexibility index (Phi) is 8.73. The summed E-state index contributed by atoms with van der Waals surface area (Å²) in [4.78, 5) is 8.69. The van der Waals surface area contributed by atoms with Gasteiger partial charge in [0.05, 0.1) is 17.5 Å². The number of aliphatic hydroxyl groups is 2. The van der Waals surface area contributed by atoms with Gasteiger partial charge in [0.1, 0.15) is 23.9 Å². The van der Waals surface area contributed by atoms with Gasteiger partial charge < -0.3 is 31.1 Å². The van der Waals surface area contributed by atoms with Crippen LogP contribution in [0.1, 0.15) is 56.2 Å². The molecule has 1 aliphatic rings. The van der Waals surface area contributed by atoms with E-state index in [1.807, 2.05) is 10.6 Å². The van der Waals surface area contributed by atoms with Crippen LogP contribution in [0.4, 0.5) is 5.82 Å². The van der Waals surface area contributed by atoms with E-state index in [0.29, 0.717) is 24.7 Å². The lowest BCUT2D eigenvalue weighted by Gasteiger charge is -2.19. The summed E-state index contributed by atoms with van der Waals surface area (Å²) >= 11 is 0. The molecule has 2 heterocycles. The monoisotopic (exact) mass is 480 g/mol. The standard InChI is InChI=1S/C27H40N6O2/c1-3-18(2)21-16-33(27-23(21)26(28)31-17-32-27)22-14-20(24(34)25(22)35)15-30-12-7-11-29-13-10-19-8-5-4-6-9-19/h4-6,8-9,16-18,20,22,24-25,29-30,34-35H,3,7,10-15H2,1-2H3,(H2,28,31,32)/t18?,20-,22-,24-,25+/m1/s1. The van der Waals surface area contributed by atoms with Crippen molar-refractivity contribution in [2.75, 3.05) is 31.9 Å². The zero-order valence-corrected chi connectivity index (χ0v) is 20.9. The molecule has 1 saturated carbocycles. The number of fused-ring (bicyclic) bond motifs is 1. The van der Waals surface area contributed by atoms with E-state index in [0.717, 1.165) is 55.5 Å². The summed E-state index contributed by atoms with van der Waals surface area (Å²) in [5.74, 6) is 0.742. The summed E-state index contributed by atoms with van der Waals surface area (Å²) in [6, 6.07) is 10.3. The fraction of sp³-hybridized carbons (Fsp3) is 0.556. The number of hydrogen-bond donors (Lipinski definition) is 5. The van der Waals surface area contributed by atoms with Crippen LogP contribution >= 0.6 is 0 Å². The van der Waals surface area contributed by atoms with Crippen LogP contribution in [0.3, 0.4) is 0 Å². The van der Waals surface area contributed by atoms with Gasteiger partial charge >= 0.3 is 0 Å². The van der Waals surface area contributed by atoms with Crippen molar-refractivity contribution in [3.8, 4) is 0 Å². The number of hydrogen-bond acceptors (Lipinski definition) is 7. The van der Waals surface area contributed by atoms with Crippen molar-refractivity contribution >= 4 is 16.9 Å². The normalized spacial score (nSPS) is 23.2. The highest BCUT2D eigenvalue weighted by Gasteiger charge is 2.43. The Labute approximate surface area is 208 Å². The summed E-state index contributed by atoms with van der Waals surface area (Å²) in [5.41, 5.74) is 9.40. The number of aliphatic hydroxyl groups excluding tert-OH is 2. The molecule has 6 N–H and O–H groups in total. The Morgan fingerprint density at radius 3 is 2.63 bits per heavy atom. The molecule has 8 nitrogen and oxygen atoms in total. The lowest BCUT2D eigenvalue weighted by molar-refractivity contribution is 0.00692. The number of benzene rings is 1. The van der Waals surface area contributed by atoms with Gasteiger partial charge in [0, 0.05) is 18.7 Å². The largest absolute Gasteiger partial charge is 0.390 e. The third kappa shape index (κ3) is 5.83. The minimum atomic E-state index is -0.849. The molecule has 0 saturated heterocycles. The third-order valence-electron chi connectivity index (χ3n) is 7.49. The third-order valence-corrected chi connectivity index (χ3v) is 7.49. The predicted octanol–water partition coefficient (Wildman–Crippen LogP) is 2.62. The van der Waals surface area contributed by atoms with Gasteiger partial charge in [-0.1, -0.05) is 44.2 Å². The molecule has 1 fully saturated rings. The Morgan fingerprint density at radius 1 is 1.09 bits per heavy atom. The highest BCUT2D eigenvalue weighted by atomic mass is 16.3. The summed E-state index contributed by atoms with van der Waals surface area (Å²) in [6.45, 7) is 7.77. The summed E-state index contributed by atoms with van der Waals surface area (Å²) in [5, 5.41) is 29.5. The molecule has 4 rings (SSSR count). The van der Waals surface area contributed by atoms with Crippen molar-refractivity contribution in [3.63, 3.8) is 0 Å². The second-order valence-corrected chi connectivity index (χ2v) is 9.85. The van der Waals surface area contributed by atoms with Crippen molar-refractivity contribution in [1.29, 1.82) is 0 Å². The SMILES string of the molecule is CCC(C)c1cn([C@@H]2C[C@H](CNCCCNCCc3ccccc3)[C@@H](O)[C@H]2O)c2ncnc(N)c12. The highest BCUT2D eigenvalue weighted by Crippen LogP contribution is 2.40. The van der Waals surface area contributed by atoms with Crippen LogP contribution in [-0.4, -0.2) is 63.1 Å². The van der Waals surface area contributed by atoms with Gasteiger partial charge in [-0.15, -0.1) is 0 Å². The zero-order chi connectivity index (χ0) is 24.8. The maximum Gasteiger partial charge on any atom is 0.146 e. The minimum Gasteiger partial charge on any atom is -0.390 e. The highest BCUT2D eigenvalue weighted by molar-refractivity contribution is 5.90. The number of rotatable bonds is 12. The first-order valence-corrected chi connectivity index (χ1v) is 12.9. The minimum absolute atomic E-state index is 0.0234. The van der Waals surface area contributed by atoms with Crippen LogP contribution in [-0.2, 0) is 6.42 Å². The van der Waals surface area contributed by atoms with Gasteiger partial charge in [0.15, 0.2) is 0 Å². The van der Waals surface area contributed by atoms with Gasteiger partial charge in [-0.2, -0.15) is 0 Å². The molecule has 1 unspecified atom stereocenters. The van der Waals surface area contributed by atoms with Crippen LogP contribution in [0.2, 0.25) is 0 Å². The molecule has 190 valence electrons. The van der Waals surface area contributed by atoms with E-state index in [4.69, 9.17) is 5.73 Å². The van der Waals surface area contributed by atoms with Crippen molar-refractivity contribution in [2.24, 2.45) is 5.92 Å². The van der Waals surface area contributed by atoms with E-state index in [2.05, 4.69) is 64.9 Å². The van der Waals surface area contributed by atoms with Crippen LogP contribution in [0.5, 0.6) is 0 Å². The van der Waals surface area contributed by atoms with Crippen molar-refractivity contribution in [2.45, 2.75) is 63.7 Å². The summed E-state index contributed by atoms with van der Waals surface area (Å²) in [6.07, 6.45) is 5.60. The molecule has 1 aliphatic carbocycles. The summed E-state index contributed by atoms with van der Waals surface area (Å²) in [7, 11) is 0. The molecule has 0 aliphatic heterocycles. The van der Waals surface area contributed by atoms with Crippen molar-refractivity contribution in [3.05, 3.63) is 54.0 Å². The Hall–Kier alpha value is -2.52. The molecular weight excluding hydrogens is 440 g/mol. The van der Waals surface area contributed by atoms with Gasteiger partial charge in [-0.3, -0.25) is 0 Å². The second kappa shape index (κ2) is 11.9. The number of nitrogens with one attached hydrogen (secondary N) is 2. The van der Waals surface area contributed by atoms with Gasteiger partial charge in [0.25, 0.3) is 0 Å². The molecule has 3 aromatic rings. The van der Waals surface area contributed by atoms with Crippen LogP contribution < -0.4 is 16.4 Å². The molecule has 0 spiro atoms. The van der Waals surface area contributed by atoms with Gasteiger partial charge in [-0.25, -0.2) is 9.97 Å². The number of nitrogens with zero attached hydrogens (tertiary/aromatic N) is 3. The second-order valence-electron chi connectivity index (χ2n) is 9.85. The molecular formula is C27H40N6O2. The molecule has 35 heavy (non-hydrogen) atoms. The van der Waals surface area contributed by atoms with Crippen molar-refractivity contribution in [1.82, 2.24) is 25.2 Å².